The van der Waals surface area contributed by atoms with Gasteiger partial charge in [-0.1, -0.05) is 71.1 Å². The summed E-state index contributed by atoms with van der Waals surface area (Å²) in [6.07, 6.45) is 11.5. The lowest BCUT2D eigenvalue weighted by molar-refractivity contribution is -0.265. The summed E-state index contributed by atoms with van der Waals surface area (Å²) >= 11 is 0. The van der Waals surface area contributed by atoms with Crippen LogP contribution in [0.15, 0.2) is 47.6 Å². The van der Waals surface area contributed by atoms with Crippen LogP contribution in [0, 0.1) is 35.5 Å². The summed E-state index contributed by atoms with van der Waals surface area (Å²) in [7, 11) is 1.37. The number of carbonyl (C=O) groups excluding carboxylic acids is 5. The third-order valence-electron chi connectivity index (χ3n) is 13.9. The van der Waals surface area contributed by atoms with E-state index >= 15 is 0 Å². The van der Waals surface area contributed by atoms with Gasteiger partial charge in [0.25, 0.3) is 11.7 Å². The molecule has 3 aliphatic heterocycles. The van der Waals surface area contributed by atoms with Crippen LogP contribution in [0.3, 0.4) is 0 Å². The molecule has 2 saturated heterocycles. The van der Waals surface area contributed by atoms with Gasteiger partial charge in [0.2, 0.25) is 5.79 Å². The molecule has 1 aliphatic carbocycles. The van der Waals surface area contributed by atoms with E-state index in [1.165, 1.54) is 12.0 Å². The van der Waals surface area contributed by atoms with Crippen LogP contribution < -0.4 is 0 Å². The molecule has 4 N–H and O–H groups in total. The van der Waals surface area contributed by atoms with Crippen LogP contribution in [-0.2, 0) is 38.2 Å². The number of aliphatic hydroxyl groups is 4. The molecule has 0 aromatic rings. The standard InChI is InChI=1S/C49H75NO12/c1-29-14-10-9-11-15-30(2)40(52)27-38-22-17-35(7)49(59,62-38)46(56)47(57)50-23-13-12-16-39(50)48(58)61-42(32(4)26-36-18-20-37(51)21-19-36)28-41(53)31(3)25-34(6)44(55)45(60-8)43(54)33(5)24-29/h9-11,14-15,25,29,31-33,35-40,42,44-45,51-52,55,59H,12-13,16-24,26-28H2,1-8H3/b11-9+,14-10+,30-15+,34-25+/t29-,31-,32-,33-,35-,36?,37?,38+,39+,40+,42+,44-,45+,49-/m1/s1. The van der Waals surface area contributed by atoms with Gasteiger partial charge in [-0.25, -0.2) is 4.79 Å². The van der Waals surface area contributed by atoms with Crippen molar-refractivity contribution >= 4 is 29.2 Å². The third kappa shape index (κ3) is 13.6. The Hall–Kier alpha value is -3.33. The van der Waals surface area contributed by atoms with Crippen LogP contribution in [0.5, 0.6) is 0 Å². The molecule has 4 rings (SSSR count). The van der Waals surface area contributed by atoms with Crippen molar-refractivity contribution in [3.05, 3.63) is 47.6 Å². The maximum atomic E-state index is 14.2. The molecule has 0 radical (unpaired) electrons. The van der Waals surface area contributed by atoms with E-state index < -0.39 is 77.8 Å². The summed E-state index contributed by atoms with van der Waals surface area (Å²) in [5.41, 5.74) is 1.02. The molecule has 3 heterocycles. The van der Waals surface area contributed by atoms with Gasteiger partial charge < -0.3 is 39.5 Å². The number of ketones is 3. The number of allylic oxidation sites excluding steroid dienone is 6. The first-order valence-corrected chi connectivity index (χ1v) is 23.1. The molecule has 62 heavy (non-hydrogen) atoms. The number of rotatable bonds is 4. The van der Waals surface area contributed by atoms with Crippen molar-refractivity contribution in [1.29, 1.82) is 0 Å². The molecule has 4 aliphatic rings. The highest BCUT2D eigenvalue weighted by molar-refractivity contribution is 6.39. The number of carbonyl (C=O) groups is 5. The van der Waals surface area contributed by atoms with E-state index in [1.807, 2.05) is 32.1 Å². The molecular formula is C49H75NO12. The summed E-state index contributed by atoms with van der Waals surface area (Å²) in [5, 5.41) is 44.4. The van der Waals surface area contributed by atoms with Gasteiger partial charge in [0.05, 0.1) is 18.3 Å². The molecule has 13 nitrogen and oxygen atoms in total. The smallest absolute Gasteiger partial charge is 0.329 e. The number of fused-ring (bicyclic) bond motifs is 3. The molecule has 3 fully saturated rings. The van der Waals surface area contributed by atoms with Crippen molar-refractivity contribution in [3.63, 3.8) is 0 Å². The molecule has 1 saturated carbocycles. The largest absolute Gasteiger partial charge is 0.460 e. The maximum Gasteiger partial charge on any atom is 0.329 e. The number of hydrogen-bond donors (Lipinski definition) is 4. The molecule has 13 heteroatoms. The Labute approximate surface area is 369 Å². The quantitative estimate of drug-likeness (QED) is 0.149. The molecule has 1 amide bonds. The number of ether oxygens (including phenoxy) is 3. The lowest BCUT2D eigenvalue weighted by Crippen LogP contribution is -2.61. The second kappa shape index (κ2) is 23.6. The van der Waals surface area contributed by atoms with Crippen molar-refractivity contribution < 1.29 is 58.6 Å². The molecule has 0 unspecified atom stereocenters. The summed E-state index contributed by atoms with van der Waals surface area (Å²) in [6.45, 7) is 12.5. The molecular weight excluding hydrogens is 795 g/mol. The topological polar surface area (TPSA) is 197 Å². The number of hydrogen-bond acceptors (Lipinski definition) is 12. The van der Waals surface area contributed by atoms with Gasteiger partial charge in [0, 0.05) is 44.2 Å². The minimum atomic E-state index is -2.47. The van der Waals surface area contributed by atoms with Gasteiger partial charge in [-0.05, 0) is 113 Å². The molecule has 348 valence electrons. The van der Waals surface area contributed by atoms with Gasteiger partial charge >= 0.3 is 5.97 Å². The highest BCUT2D eigenvalue weighted by Gasteiger charge is 2.53. The van der Waals surface area contributed by atoms with E-state index in [0.29, 0.717) is 62.5 Å². The van der Waals surface area contributed by atoms with E-state index in [4.69, 9.17) is 14.2 Å². The Bertz CT molecular complexity index is 1680. The Morgan fingerprint density at radius 2 is 1.56 bits per heavy atom. The normalized spacial score (nSPS) is 40.6. The molecule has 2 bridgehead atoms. The predicted octanol–water partition coefficient (Wildman–Crippen LogP) is 5.90. The van der Waals surface area contributed by atoms with Gasteiger partial charge in [0.15, 0.2) is 5.78 Å². The average Bonchev–Trinajstić information content (AvgIpc) is 3.24. The highest BCUT2D eigenvalue weighted by atomic mass is 16.6. The van der Waals surface area contributed by atoms with Crippen LogP contribution in [0.4, 0.5) is 0 Å². The van der Waals surface area contributed by atoms with Crippen LogP contribution >= 0.6 is 0 Å². The summed E-state index contributed by atoms with van der Waals surface area (Å²) < 4.78 is 17.8. The number of nitrogens with zero attached hydrogens (tertiary/aromatic N) is 1. The maximum absolute atomic E-state index is 14.2. The van der Waals surface area contributed by atoms with Gasteiger partial charge in [-0.3, -0.25) is 19.2 Å². The number of aliphatic hydroxyl groups excluding tert-OH is 3. The van der Waals surface area contributed by atoms with Crippen molar-refractivity contribution in [2.45, 2.75) is 180 Å². The van der Waals surface area contributed by atoms with E-state index in [-0.39, 0.29) is 61.2 Å². The summed E-state index contributed by atoms with van der Waals surface area (Å²) in [5.74, 6) is -7.88. The molecule has 0 aromatic heterocycles. The van der Waals surface area contributed by atoms with Crippen molar-refractivity contribution in [1.82, 2.24) is 4.90 Å². The number of piperidine rings is 1. The average molecular weight is 870 g/mol. The van der Waals surface area contributed by atoms with E-state index in [0.717, 1.165) is 12.8 Å². The fraction of sp³-hybridized carbons (Fsp3) is 0.735. The number of cyclic esters (lactones) is 1. The summed E-state index contributed by atoms with van der Waals surface area (Å²) in [4.78, 5) is 71.2. The SMILES string of the molecule is CO[C@H]1C(=O)[C@H](C)C[C@H](C)/C=C/C=C/C=C(\C)[C@@H](O)C[C@@H]2CC[C@@H](C)[C@@](O)(O2)C(=O)C(=O)N2CCCC[C@H]2C(=O)O[C@H]([C@H](C)CC2CCC(O)CC2)CC(=O)[C@H](C)/C=C(\C)[C@H]1O. The van der Waals surface area contributed by atoms with Crippen LogP contribution in [0.1, 0.15) is 132 Å². The van der Waals surface area contributed by atoms with Crippen LogP contribution in [0.2, 0.25) is 0 Å². The zero-order chi connectivity index (χ0) is 45.9. The second-order valence-corrected chi connectivity index (χ2v) is 19.0. The van der Waals surface area contributed by atoms with Crippen molar-refractivity contribution in [3.8, 4) is 0 Å². The van der Waals surface area contributed by atoms with Crippen LogP contribution in [0.25, 0.3) is 0 Å². The highest BCUT2D eigenvalue weighted by Crippen LogP contribution is 2.37. The lowest BCUT2D eigenvalue weighted by atomic mass is 9.79. The van der Waals surface area contributed by atoms with Crippen LogP contribution in [-0.4, -0.2) is 117 Å². The zero-order valence-electron chi connectivity index (χ0n) is 38.4. The predicted molar refractivity (Wildman–Crippen MR) is 234 cm³/mol. The molecule has 12 atom stereocenters. The molecule has 0 spiro atoms. The van der Waals surface area contributed by atoms with Crippen molar-refractivity contribution in [2.75, 3.05) is 13.7 Å². The minimum Gasteiger partial charge on any atom is -0.460 e. The Morgan fingerprint density at radius 1 is 0.871 bits per heavy atom. The first kappa shape index (κ1) is 51.3. The van der Waals surface area contributed by atoms with Gasteiger partial charge in [0.1, 0.15) is 30.1 Å². The Balaban J connectivity index is 1.68. The number of methoxy groups -OCH3 is 1. The molecule has 0 aromatic carbocycles. The Kier molecular flexibility index (Phi) is 19.5. The van der Waals surface area contributed by atoms with Gasteiger partial charge in [-0.15, -0.1) is 0 Å². The lowest BCUT2D eigenvalue weighted by Gasteiger charge is -2.42. The van der Waals surface area contributed by atoms with E-state index in [9.17, 15) is 44.4 Å². The number of amides is 1. The minimum absolute atomic E-state index is 0.00307. The van der Waals surface area contributed by atoms with Gasteiger partial charge in [-0.2, -0.15) is 0 Å². The van der Waals surface area contributed by atoms with E-state index in [1.54, 1.807) is 52.8 Å². The first-order valence-electron chi connectivity index (χ1n) is 23.1. The number of esters is 1. The Morgan fingerprint density at radius 3 is 2.24 bits per heavy atom. The third-order valence-corrected chi connectivity index (χ3v) is 13.9. The number of Topliss-reactive ketones (excluding diaryl/α,β-unsaturated/α-hetero) is 3. The second-order valence-electron chi connectivity index (χ2n) is 19.0. The monoisotopic (exact) mass is 870 g/mol. The fourth-order valence-corrected chi connectivity index (χ4v) is 9.57. The van der Waals surface area contributed by atoms with Crippen molar-refractivity contribution in [2.24, 2.45) is 35.5 Å². The summed E-state index contributed by atoms with van der Waals surface area (Å²) in [6, 6.07) is -1.13. The fourth-order valence-electron chi connectivity index (χ4n) is 9.57. The van der Waals surface area contributed by atoms with E-state index in [2.05, 4.69) is 0 Å². The first-order chi connectivity index (χ1) is 29.3. The zero-order valence-corrected chi connectivity index (χ0v) is 38.4.